The number of carbonyl (C=O) groups excluding carboxylic acids is 3. The minimum Gasteiger partial charge on any atom is -0.462 e. The molecule has 0 aromatic rings. The molecule has 0 saturated carbocycles. The van der Waals surface area contributed by atoms with Crippen LogP contribution in [0.2, 0.25) is 0 Å². The molecule has 2 N–H and O–H groups in total. The zero-order valence-corrected chi connectivity index (χ0v) is 46.5. The van der Waals surface area contributed by atoms with Crippen molar-refractivity contribution < 1.29 is 52.2 Å². The fourth-order valence-corrected chi connectivity index (χ4v) is 8.21. The summed E-state index contributed by atoms with van der Waals surface area (Å²) in [6.07, 6.45) is 61.3. The third-order valence-corrected chi connectivity index (χ3v) is 12.7. The summed E-state index contributed by atoms with van der Waals surface area (Å²) in [4.78, 5) is 48.4. The van der Waals surface area contributed by atoms with Crippen LogP contribution >= 0.6 is 7.82 Å². The summed E-state index contributed by atoms with van der Waals surface area (Å²) < 4.78 is 39.4. The van der Waals surface area contributed by atoms with Gasteiger partial charge in [-0.25, -0.2) is 4.57 Å². The van der Waals surface area contributed by atoms with Crippen LogP contribution in [0.25, 0.3) is 0 Å². The van der Waals surface area contributed by atoms with Crippen LogP contribution in [0.4, 0.5) is 0 Å². The van der Waals surface area contributed by atoms with E-state index in [1.165, 1.54) is 77.0 Å². The van der Waals surface area contributed by atoms with Crippen LogP contribution in [0.3, 0.4) is 0 Å². The highest BCUT2D eigenvalue weighted by molar-refractivity contribution is 7.47. The average molecular weight is 1030 g/mol. The summed E-state index contributed by atoms with van der Waals surface area (Å²) in [5, 5.41) is 9.78. The third-order valence-electron chi connectivity index (χ3n) is 11.8. The van der Waals surface area contributed by atoms with Gasteiger partial charge < -0.3 is 24.2 Å². The van der Waals surface area contributed by atoms with E-state index in [9.17, 15) is 28.9 Å². The first kappa shape index (κ1) is 68.7. The van der Waals surface area contributed by atoms with Gasteiger partial charge in [0.05, 0.1) is 19.8 Å². The van der Waals surface area contributed by atoms with Crippen LogP contribution in [0.15, 0.2) is 85.1 Å². The maximum Gasteiger partial charge on any atom is 0.472 e. The van der Waals surface area contributed by atoms with Gasteiger partial charge in [-0.15, -0.1) is 0 Å². The first-order valence-electron chi connectivity index (χ1n) is 28.5. The lowest BCUT2D eigenvalue weighted by Crippen LogP contribution is -2.30. The molecule has 0 spiro atoms. The summed E-state index contributed by atoms with van der Waals surface area (Å²) in [6.45, 7) is 4.41. The van der Waals surface area contributed by atoms with E-state index in [-0.39, 0.29) is 25.9 Å². The number of unbranched alkanes of at least 4 members (excludes halogenated alkanes) is 21. The minimum atomic E-state index is -4.77. The highest BCUT2D eigenvalue weighted by Crippen LogP contribution is 2.43. The van der Waals surface area contributed by atoms with E-state index in [0.717, 1.165) is 96.3 Å². The molecule has 0 aliphatic heterocycles. The molecule has 3 unspecified atom stereocenters. The number of ether oxygens (including phenoxy) is 3. The maximum absolute atomic E-state index is 12.9. The molecule has 0 aromatic carbocycles. The predicted octanol–water partition coefficient (Wildman–Crippen LogP) is 16.7. The van der Waals surface area contributed by atoms with Gasteiger partial charge in [-0.2, -0.15) is 0 Å². The smallest absolute Gasteiger partial charge is 0.462 e. The van der Waals surface area contributed by atoms with Crippen LogP contribution in [0, 0.1) is 0 Å². The second-order valence-electron chi connectivity index (χ2n) is 18.7. The molecule has 0 bridgehead atoms. The lowest BCUT2D eigenvalue weighted by Gasteiger charge is -2.21. The van der Waals surface area contributed by atoms with Crippen LogP contribution in [-0.2, 0) is 42.2 Å². The first-order valence-corrected chi connectivity index (χ1v) is 30.0. The summed E-state index contributed by atoms with van der Waals surface area (Å²) in [5.74, 6) is -1.55. The molecule has 0 saturated heterocycles. The highest BCUT2D eigenvalue weighted by atomic mass is 31.2. The number of esters is 3. The third kappa shape index (κ3) is 51.6. The zero-order valence-electron chi connectivity index (χ0n) is 45.6. The van der Waals surface area contributed by atoms with E-state index in [2.05, 4.69) is 93.7 Å². The van der Waals surface area contributed by atoms with Gasteiger partial charge in [-0.05, 0) is 103 Å². The van der Waals surface area contributed by atoms with E-state index in [1.54, 1.807) is 0 Å². The molecule has 72 heavy (non-hydrogen) atoms. The maximum atomic E-state index is 12.9. The highest BCUT2D eigenvalue weighted by Gasteiger charge is 2.28. The van der Waals surface area contributed by atoms with Crippen molar-refractivity contribution in [2.24, 2.45) is 0 Å². The minimum absolute atomic E-state index is 0.0857. The fourth-order valence-electron chi connectivity index (χ4n) is 7.43. The van der Waals surface area contributed by atoms with E-state index in [1.807, 2.05) is 12.2 Å². The molecular formula is C60H103O11P. The Labute approximate surface area is 439 Å². The van der Waals surface area contributed by atoms with Gasteiger partial charge >= 0.3 is 25.7 Å². The number of rotatable bonds is 52. The van der Waals surface area contributed by atoms with Gasteiger partial charge in [0, 0.05) is 19.3 Å². The van der Waals surface area contributed by atoms with Crippen LogP contribution < -0.4 is 0 Å². The van der Waals surface area contributed by atoms with E-state index >= 15 is 0 Å². The fraction of sp³-hybridized carbons (Fsp3) is 0.717. The molecule has 414 valence electrons. The Balaban J connectivity index is 4.83. The van der Waals surface area contributed by atoms with E-state index < -0.39 is 57.8 Å². The molecule has 0 heterocycles. The predicted molar refractivity (Wildman–Crippen MR) is 298 cm³/mol. The number of aliphatic hydroxyl groups excluding tert-OH is 1. The standard InChI is InChI=1S/C60H103O11P/c1-4-7-10-13-16-19-22-24-26-28-30-32-35-37-40-43-46-49-58(62)67-53-57(71-60(64)51-48-45-42-39-36-33-31-29-27-25-23-20-17-14-11-8-5-2)55-69-72(65,66)68-54-56(52-61)70-59(63)50-47-44-41-38-34-21-18-15-12-9-6-3/h8,11,15,17-18,20,24-27,31,33,39,42,56-57,61H,4-7,9-10,12-14,16,19,21-23,28-30,32,34-38,40-41,43-55H2,1-3H3,(H,65,66)/b11-8-,18-15-,20-17-,26-24-,27-25-,33-31-,42-39-. The molecule has 0 aliphatic carbocycles. The number of phosphoric ester groups is 1. The zero-order chi connectivity index (χ0) is 52.7. The topological polar surface area (TPSA) is 155 Å². The van der Waals surface area contributed by atoms with Crippen molar-refractivity contribution in [2.45, 2.75) is 251 Å². The molecule has 0 fully saturated rings. The normalized spacial score (nSPS) is 14.0. The van der Waals surface area contributed by atoms with Crippen LogP contribution in [-0.4, -0.2) is 66.5 Å². The second kappa shape index (κ2) is 53.9. The number of hydrogen-bond acceptors (Lipinski definition) is 10. The summed E-state index contributed by atoms with van der Waals surface area (Å²) in [5.41, 5.74) is 0. The first-order chi connectivity index (χ1) is 35.2. The Kier molecular flexibility index (Phi) is 51.4. The van der Waals surface area contributed by atoms with Crippen molar-refractivity contribution >= 4 is 25.7 Å². The van der Waals surface area contributed by atoms with Gasteiger partial charge in [-0.3, -0.25) is 23.4 Å². The summed E-state index contributed by atoms with van der Waals surface area (Å²) in [6, 6.07) is 0. The SMILES string of the molecule is CC/C=C\C/C=C\C/C=C\C/C=C\C/C=C\CCCC(=O)OC(COC(=O)CCCCCCCCC/C=C\CCCCCCCC)COP(=O)(O)OCC(CO)OC(=O)CCCCCCC/C=C\CCCC. The van der Waals surface area contributed by atoms with Crippen molar-refractivity contribution in [3.05, 3.63) is 85.1 Å². The van der Waals surface area contributed by atoms with Crippen molar-refractivity contribution in [3.63, 3.8) is 0 Å². The number of phosphoric acid groups is 1. The Bertz CT molecular complexity index is 1530. The monoisotopic (exact) mass is 1030 g/mol. The molecule has 3 atom stereocenters. The molecule has 0 amide bonds. The van der Waals surface area contributed by atoms with Crippen molar-refractivity contribution in [3.8, 4) is 0 Å². The van der Waals surface area contributed by atoms with Crippen molar-refractivity contribution in [2.75, 3.05) is 26.4 Å². The van der Waals surface area contributed by atoms with Gasteiger partial charge in [0.2, 0.25) is 0 Å². The van der Waals surface area contributed by atoms with Crippen molar-refractivity contribution in [1.82, 2.24) is 0 Å². The number of carbonyl (C=O) groups is 3. The van der Waals surface area contributed by atoms with Gasteiger partial charge in [0.25, 0.3) is 0 Å². The number of hydrogen-bond donors (Lipinski definition) is 2. The molecule has 0 radical (unpaired) electrons. The van der Waals surface area contributed by atoms with Gasteiger partial charge in [0.1, 0.15) is 12.7 Å². The van der Waals surface area contributed by atoms with E-state index in [4.69, 9.17) is 23.3 Å². The van der Waals surface area contributed by atoms with Crippen LogP contribution in [0.1, 0.15) is 239 Å². The number of aliphatic hydroxyl groups is 1. The summed E-state index contributed by atoms with van der Waals surface area (Å²) in [7, 11) is -4.77. The lowest BCUT2D eigenvalue weighted by atomic mass is 10.1. The van der Waals surface area contributed by atoms with E-state index in [0.29, 0.717) is 25.7 Å². The Morgan fingerprint density at radius 1 is 0.403 bits per heavy atom. The average Bonchev–Trinajstić information content (AvgIpc) is 3.37. The molecule has 0 aromatic heterocycles. The Morgan fingerprint density at radius 2 is 0.750 bits per heavy atom. The second-order valence-corrected chi connectivity index (χ2v) is 20.2. The molecule has 11 nitrogen and oxygen atoms in total. The molecule has 12 heteroatoms. The largest absolute Gasteiger partial charge is 0.472 e. The van der Waals surface area contributed by atoms with Gasteiger partial charge in [0.15, 0.2) is 6.10 Å². The molecule has 0 aliphatic rings. The quantitative estimate of drug-likeness (QED) is 0.0197. The summed E-state index contributed by atoms with van der Waals surface area (Å²) >= 11 is 0. The van der Waals surface area contributed by atoms with Gasteiger partial charge in [-0.1, -0.05) is 202 Å². The molecular weight excluding hydrogens is 928 g/mol. The lowest BCUT2D eigenvalue weighted by molar-refractivity contribution is -0.161. The Hall–Kier alpha value is -3.34. The Morgan fingerprint density at radius 3 is 1.22 bits per heavy atom. The van der Waals surface area contributed by atoms with Crippen molar-refractivity contribution in [1.29, 1.82) is 0 Å². The van der Waals surface area contributed by atoms with Crippen LogP contribution in [0.5, 0.6) is 0 Å². The molecule has 0 rings (SSSR count). The number of allylic oxidation sites excluding steroid dienone is 14.